The molecule has 0 radical (unpaired) electrons. The number of carbonyl (C=O) groups excluding carboxylic acids is 1. The zero-order valence-corrected chi connectivity index (χ0v) is 27.0. The van der Waals surface area contributed by atoms with Gasteiger partial charge in [-0.25, -0.2) is 0 Å². The summed E-state index contributed by atoms with van der Waals surface area (Å²) < 4.78 is 12.9. The number of methoxy groups -OCH3 is 1. The number of hydrogen-bond acceptors (Lipinski definition) is 5. The minimum atomic E-state index is -0.146. The average molecular weight is 593 g/mol. The summed E-state index contributed by atoms with van der Waals surface area (Å²) in [6, 6.07) is 2.32. The molecule has 7 rings (SSSR count). The number of rotatable bonds is 13. The number of likely N-dealkylation sites (tertiary alicyclic amines) is 1. The summed E-state index contributed by atoms with van der Waals surface area (Å²) in [4.78, 5) is 19.2. The molecule has 2 bridgehead atoms. The van der Waals surface area contributed by atoms with Gasteiger partial charge in [0.05, 0.1) is 13.2 Å². The van der Waals surface area contributed by atoms with Crippen LogP contribution >= 0.6 is 0 Å². The topological polar surface area (TPSA) is 62.2 Å². The maximum absolute atomic E-state index is 14.1. The molecule has 1 saturated heterocycles. The van der Waals surface area contributed by atoms with Crippen LogP contribution in [0.3, 0.4) is 0 Å². The molecule has 1 N–H and O–H groups in total. The third-order valence-corrected chi connectivity index (χ3v) is 12.6. The van der Waals surface area contributed by atoms with Crippen LogP contribution in [0.25, 0.3) is 0 Å². The van der Waals surface area contributed by atoms with Gasteiger partial charge in [-0.2, -0.15) is 0 Å². The fourth-order valence-corrected chi connectivity index (χ4v) is 10.3. The Morgan fingerprint density at radius 1 is 1.07 bits per heavy atom. The van der Waals surface area contributed by atoms with Crippen molar-refractivity contribution in [2.45, 2.75) is 146 Å². The van der Waals surface area contributed by atoms with Crippen molar-refractivity contribution < 1.29 is 19.4 Å². The molecule has 6 nitrogen and oxygen atoms in total. The van der Waals surface area contributed by atoms with Crippen molar-refractivity contribution in [2.24, 2.45) is 17.8 Å². The highest BCUT2D eigenvalue weighted by Gasteiger charge is 2.67. The van der Waals surface area contributed by atoms with Crippen LogP contribution in [0.1, 0.15) is 127 Å². The van der Waals surface area contributed by atoms with Crippen molar-refractivity contribution in [3.8, 4) is 17.2 Å². The number of phenols is 1. The third kappa shape index (κ3) is 5.36. The number of piperidine rings is 1. The van der Waals surface area contributed by atoms with Crippen molar-refractivity contribution in [3.05, 3.63) is 17.2 Å². The van der Waals surface area contributed by atoms with E-state index < -0.39 is 0 Å². The van der Waals surface area contributed by atoms with E-state index in [2.05, 4.69) is 16.7 Å². The van der Waals surface area contributed by atoms with E-state index in [1.807, 2.05) is 0 Å². The van der Waals surface area contributed by atoms with Gasteiger partial charge in [-0.3, -0.25) is 9.69 Å². The Labute approximate surface area is 259 Å². The van der Waals surface area contributed by atoms with Crippen molar-refractivity contribution in [3.63, 3.8) is 0 Å². The predicted molar refractivity (Wildman–Crippen MR) is 170 cm³/mol. The molecule has 2 aliphatic heterocycles. The highest BCUT2D eigenvalue weighted by atomic mass is 16.5. The zero-order chi connectivity index (χ0) is 29.6. The lowest BCUT2D eigenvalue weighted by Crippen LogP contribution is -2.69. The minimum Gasteiger partial charge on any atom is -0.508 e. The van der Waals surface area contributed by atoms with Crippen LogP contribution in [-0.4, -0.2) is 65.7 Å². The van der Waals surface area contributed by atoms with Gasteiger partial charge >= 0.3 is 0 Å². The monoisotopic (exact) mass is 592 g/mol. The molecule has 43 heavy (non-hydrogen) atoms. The molecule has 4 fully saturated rings. The first-order valence-corrected chi connectivity index (χ1v) is 18.2. The molecule has 238 valence electrons. The Kier molecular flexibility index (Phi) is 8.61. The Hall–Kier alpha value is -1.95. The average Bonchev–Trinajstić information content (AvgIpc) is 3.78. The van der Waals surface area contributed by atoms with E-state index in [0.717, 1.165) is 87.6 Å². The number of phenolic OH excluding ortho intramolecular Hbond substituents is 1. The van der Waals surface area contributed by atoms with Crippen molar-refractivity contribution in [2.75, 3.05) is 26.7 Å². The smallest absolute Gasteiger partial charge is 0.222 e. The molecule has 4 aliphatic carbocycles. The molecule has 1 spiro atoms. The second-order valence-corrected chi connectivity index (χ2v) is 15.1. The quantitative estimate of drug-likeness (QED) is 0.242. The Morgan fingerprint density at radius 2 is 1.91 bits per heavy atom. The summed E-state index contributed by atoms with van der Waals surface area (Å²) in [7, 11) is 1.69. The van der Waals surface area contributed by atoms with E-state index in [9.17, 15) is 9.90 Å². The molecular weight excluding hydrogens is 536 g/mol. The Bertz CT molecular complexity index is 1160. The fraction of sp³-hybridized carbons (Fsp3) is 0.811. The van der Waals surface area contributed by atoms with Crippen molar-refractivity contribution in [1.29, 1.82) is 0 Å². The molecule has 0 unspecified atom stereocenters. The maximum Gasteiger partial charge on any atom is 0.222 e. The summed E-state index contributed by atoms with van der Waals surface area (Å²) >= 11 is 0. The highest BCUT2D eigenvalue weighted by molar-refractivity contribution is 5.77. The number of carbonyl (C=O) groups is 1. The number of hydrogen-bond donors (Lipinski definition) is 1. The normalized spacial score (nSPS) is 31.4. The first-order chi connectivity index (χ1) is 21.0. The zero-order valence-electron chi connectivity index (χ0n) is 27.0. The van der Waals surface area contributed by atoms with Gasteiger partial charge in [0.2, 0.25) is 5.91 Å². The molecule has 1 aromatic carbocycles. The number of benzene rings is 1. The lowest BCUT2D eigenvalue weighted by Gasteiger charge is -2.60. The van der Waals surface area contributed by atoms with Crippen LogP contribution in [0.15, 0.2) is 6.07 Å². The second kappa shape index (κ2) is 12.4. The van der Waals surface area contributed by atoms with Crippen LogP contribution in [0.5, 0.6) is 17.2 Å². The fourth-order valence-electron chi connectivity index (χ4n) is 10.3. The molecule has 3 saturated carbocycles. The summed E-state index contributed by atoms with van der Waals surface area (Å²) in [6.45, 7) is 5.37. The molecule has 1 amide bonds. The largest absolute Gasteiger partial charge is 0.508 e. The van der Waals surface area contributed by atoms with E-state index in [-0.39, 0.29) is 17.6 Å². The van der Waals surface area contributed by atoms with Crippen LogP contribution in [0.4, 0.5) is 0 Å². The molecule has 6 heteroatoms. The van der Waals surface area contributed by atoms with Crippen molar-refractivity contribution in [1.82, 2.24) is 9.80 Å². The van der Waals surface area contributed by atoms with Gasteiger partial charge < -0.3 is 19.5 Å². The summed E-state index contributed by atoms with van der Waals surface area (Å²) in [5.74, 6) is 4.47. The molecule has 5 atom stereocenters. The van der Waals surface area contributed by atoms with E-state index in [1.54, 1.807) is 13.2 Å². The molecule has 0 aromatic heterocycles. The Morgan fingerprint density at radius 3 is 2.67 bits per heavy atom. The highest BCUT2D eigenvalue weighted by Crippen LogP contribution is 2.66. The number of ether oxygens (including phenoxy) is 2. The van der Waals surface area contributed by atoms with E-state index >= 15 is 0 Å². The predicted octanol–water partition coefficient (Wildman–Crippen LogP) is 7.38. The number of nitrogens with zero attached hydrogens (tertiary/aromatic N) is 2. The van der Waals surface area contributed by atoms with Gasteiger partial charge in [0, 0.05) is 48.2 Å². The van der Waals surface area contributed by atoms with Crippen LogP contribution in [-0.2, 0) is 16.6 Å². The summed E-state index contributed by atoms with van der Waals surface area (Å²) in [5.41, 5.74) is 2.18. The first kappa shape index (κ1) is 29.7. The number of aromatic hydroxyl groups is 1. The second-order valence-electron chi connectivity index (χ2n) is 15.1. The standard InChI is InChI=1S/C37H56N2O4/c1-3-4-10-20-39(33(41)14-9-8-13-25-11-6-5-7-12-25)29-18-17-28-30-22-27-31(40)23-32(42-2)35-34(27)37(28,36(29)43-35)19-21-38(30)24-26-15-16-26/h23,25-26,28-30,36,40H,3-22,24H2,1-2H3/t28-,29+,30+,36-,37-/m0/s1. The van der Waals surface area contributed by atoms with Crippen LogP contribution < -0.4 is 9.47 Å². The molecule has 1 aromatic rings. The van der Waals surface area contributed by atoms with Gasteiger partial charge in [0.25, 0.3) is 0 Å². The summed E-state index contributed by atoms with van der Waals surface area (Å²) in [6.07, 6.45) is 21.3. The van der Waals surface area contributed by atoms with Gasteiger partial charge in [0.15, 0.2) is 11.5 Å². The minimum absolute atomic E-state index is 0.0607. The third-order valence-electron chi connectivity index (χ3n) is 12.6. The van der Waals surface area contributed by atoms with Gasteiger partial charge in [0.1, 0.15) is 11.9 Å². The molecule has 2 heterocycles. The van der Waals surface area contributed by atoms with E-state index in [1.165, 1.54) is 69.9 Å². The Balaban J connectivity index is 1.16. The number of amides is 1. The molecule has 6 aliphatic rings. The lowest BCUT2D eigenvalue weighted by atomic mass is 9.50. The van der Waals surface area contributed by atoms with E-state index in [4.69, 9.17) is 9.47 Å². The molecular formula is C37H56N2O4. The number of unbranched alkanes of at least 4 members (excludes halogenated alkanes) is 3. The first-order valence-electron chi connectivity index (χ1n) is 18.2. The van der Waals surface area contributed by atoms with E-state index in [0.29, 0.717) is 35.8 Å². The van der Waals surface area contributed by atoms with Gasteiger partial charge in [-0.1, -0.05) is 64.7 Å². The van der Waals surface area contributed by atoms with Gasteiger partial charge in [-0.15, -0.1) is 0 Å². The van der Waals surface area contributed by atoms with Crippen LogP contribution in [0.2, 0.25) is 0 Å². The SMILES string of the molecule is CCCCCN(C(=O)CCCCC1CCCCC1)[C@@H]1CC[C@H]2[C@H]3Cc4c(O)cc(OC)c5c4[C@@]2(CCN3CC2CC2)[C@H]1O5. The van der Waals surface area contributed by atoms with Crippen LogP contribution in [0, 0.1) is 17.8 Å². The summed E-state index contributed by atoms with van der Waals surface area (Å²) in [5, 5.41) is 11.3. The maximum atomic E-state index is 14.1. The lowest BCUT2D eigenvalue weighted by molar-refractivity contribution is -0.143. The van der Waals surface area contributed by atoms with Gasteiger partial charge in [-0.05, 0) is 75.7 Å². The van der Waals surface area contributed by atoms with Crippen molar-refractivity contribution >= 4 is 5.91 Å².